The summed E-state index contributed by atoms with van der Waals surface area (Å²) in [6.07, 6.45) is -4.06. The van der Waals surface area contributed by atoms with Crippen LogP contribution in [-0.2, 0) is 11.0 Å². The average Bonchev–Trinajstić information content (AvgIpc) is 3.23. The third kappa shape index (κ3) is 6.19. The number of aromatic nitrogens is 2. The molecule has 0 saturated heterocycles. The van der Waals surface area contributed by atoms with Crippen molar-refractivity contribution in [3.05, 3.63) is 101 Å². The molecule has 9 heteroatoms. The molecule has 0 unspecified atom stereocenters. The third-order valence-electron chi connectivity index (χ3n) is 6.28. The highest BCUT2D eigenvalue weighted by Gasteiger charge is 2.31. The van der Waals surface area contributed by atoms with E-state index >= 15 is 0 Å². The minimum Gasteiger partial charge on any atom is -0.329 e. The lowest BCUT2D eigenvalue weighted by Crippen LogP contribution is -2.39. The summed E-state index contributed by atoms with van der Waals surface area (Å²) in [4.78, 5) is 27.8. The first-order chi connectivity index (χ1) is 18.6. The minimum atomic E-state index is -4.58. The van der Waals surface area contributed by atoms with Crippen molar-refractivity contribution in [2.24, 2.45) is 0 Å². The fraction of sp³-hybridized carbons (Fsp3) is 0.233. The van der Waals surface area contributed by atoms with E-state index in [0.29, 0.717) is 17.9 Å². The Labute approximate surface area is 225 Å². The van der Waals surface area contributed by atoms with Crippen LogP contribution in [0.25, 0.3) is 16.8 Å². The summed E-state index contributed by atoms with van der Waals surface area (Å²) in [6, 6.07) is 21.4. The van der Waals surface area contributed by atoms with Crippen LogP contribution in [0.4, 0.5) is 19.0 Å². The van der Waals surface area contributed by atoms with Crippen molar-refractivity contribution in [2.75, 3.05) is 18.4 Å². The number of rotatable bonds is 8. The van der Waals surface area contributed by atoms with E-state index in [2.05, 4.69) is 5.32 Å². The second-order valence-corrected chi connectivity index (χ2v) is 9.23. The zero-order valence-corrected chi connectivity index (χ0v) is 21.9. The Hall–Kier alpha value is -4.40. The number of hydrogen-bond acceptors (Lipinski definition) is 3. The number of anilines is 1. The van der Waals surface area contributed by atoms with Crippen LogP contribution in [0.2, 0.25) is 0 Å². The van der Waals surface area contributed by atoms with Crippen molar-refractivity contribution in [3.8, 4) is 16.8 Å². The highest BCUT2D eigenvalue weighted by atomic mass is 19.4. The molecule has 0 aliphatic heterocycles. The van der Waals surface area contributed by atoms with Gasteiger partial charge in [-0.25, -0.2) is 4.68 Å². The summed E-state index contributed by atoms with van der Waals surface area (Å²) in [6.45, 7) is 5.48. The molecule has 1 N–H and O–H groups in total. The van der Waals surface area contributed by atoms with Crippen LogP contribution in [-0.4, -0.2) is 39.6 Å². The van der Waals surface area contributed by atoms with Gasteiger partial charge in [0.1, 0.15) is 12.4 Å². The molecule has 6 nitrogen and oxygen atoms in total. The number of carbonyl (C=O) groups is 2. The van der Waals surface area contributed by atoms with Crippen molar-refractivity contribution in [1.82, 2.24) is 14.7 Å². The Morgan fingerprint density at radius 1 is 0.949 bits per heavy atom. The predicted octanol–water partition coefficient (Wildman–Crippen LogP) is 6.67. The molecule has 0 aliphatic carbocycles. The van der Waals surface area contributed by atoms with Gasteiger partial charge in [-0.2, -0.15) is 18.3 Å². The molecular weight excluding hydrogens is 505 g/mol. The average molecular weight is 535 g/mol. The molecule has 0 fully saturated rings. The van der Waals surface area contributed by atoms with E-state index in [1.165, 1.54) is 17.0 Å². The van der Waals surface area contributed by atoms with Gasteiger partial charge in [0.2, 0.25) is 5.91 Å². The number of carbonyl (C=O) groups excluding carboxylic acids is 2. The maximum absolute atomic E-state index is 13.4. The SMILES string of the molecule is CCCN(CC(=O)Nc1c(-c2ccccc2)c(C)nn1-c1ccccc1C)C(=O)c1cccc(C(F)(F)F)c1. The zero-order valence-electron chi connectivity index (χ0n) is 21.9. The zero-order chi connectivity index (χ0) is 28.2. The van der Waals surface area contributed by atoms with E-state index in [0.717, 1.165) is 34.5 Å². The van der Waals surface area contributed by atoms with Crippen LogP contribution in [0.3, 0.4) is 0 Å². The Bertz CT molecular complexity index is 1480. The molecule has 0 bridgehead atoms. The van der Waals surface area contributed by atoms with E-state index in [-0.39, 0.29) is 18.7 Å². The molecule has 0 radical (unpaired) electrons. The van der Waals surface area contributed by atoms with Gasteiger partial charge in [-0.3, -0.25) is 9.59 Å². The molecular formula is C30H29F3N4O2. The molecule has 39 heavy (non-hydrogen) atoms. The maximum atomic E-state index is 13.4. The Morgan fingerprint density at radius 3 is 2.31 bits per heavy atom. The van der Waals surface area contributed by atoms with Gasteiger partial charge in [0.25, 0.3) is 5.91 Å². The second kappa shape index (κ2) is 11.6. The summed E-state index contributed by atoms with van der Waals surface area (Å²) >= 11 is 0. The molecule has 0 saturated carbocycles. The number of hydrogen-bond donors (Lipinski definition) is 1. The lowest BCUT2D eigenvalue weighted by Gasteiger charge is -2.22. The highest BCUT2D eigenvalue weighted by Crippen LogP contribution is 2.34. The van der Waals surface area contributed by atoms with Crippen LogP contribution >= 0.6 is 0 Å². The van der Waals surface area contributed by atoms with Crippen molar-refractivity contribution in [2.45, 2.75) is 33.4 Å². The Balaban J connectivity index is 1.68. The van der Waals surface area contributed by atoms with Crippen LogP contribution in [0.15, 0.2) is 78.9 Å². The van der Waals surface area contributed by atoms with Crippen LogP contribution in [0.5, 0.6) is 0 Å². The molecule has 4 rings (SSSR count). The first-order valence-electron chi connectivity index (χ1n) is 12.6. The van der Waals surface area contributed by atoms with Crippen molar-refractivity contribution < 1.29 is 22.8 Å². The topological polar surface area (TPSA) is 67.2 Å². The Morgan fingerprint density at radius 2 is 1.64 bits per heavy atom. The van der Waals surface area contributed by atoms with E-state index in [4.69, 9.17) is 5.10 Å². The van der Waals surface area contributed by atoms with Crippen molar-refractivity contribution >= 4 is 17.6 Å². The van der Waals surface area contributed by atoms with E-state index in [1.807, 2.05) is 75.4 Å². The fourth-order valence-corrected chi connectivity index (χ4v) is 4.45. The largest absolute Gasteiger partial charge is 0.416 e. The maximum Gasteiger partial charge on any atom is 0.416 e. The van der Waals surface area contributed by atoms with Crippen LogP contribution < -0.4 is 5.32 Å². The molecule has 0 aliphatic rings. The number of aryl methyl sites for hydroxylation is 2. The van der Waals surface area contributed by atoms with Crippen molar-refractivity contribution in [1.29, 1.82) is 0 Å². The van der Waals surface area contributed by atoms with E-state index < -0.39 is 23.6 Å². The summed E-state index contributed by atoms with van der Waals surface area (Å²) in [5.41, 5.74) is 2.97. The lowest BCUT2D eigenvalue weighted by molar-refractivity contribution is -0.137. The molecule has 1 heterocycles. The van der Waals surface area contributed by atoms with Crippen LogP contribution in [0.1, 0.15) is 40.5 Å². The molecule has 4 aromatic rings. The molecule has 2 amide bonds. The van der Waals surface area contributed by atoms with Gasteiger partial charge < -0.3 is 10.2 Å². The predicted molar refractivity (Wildman–Crippen MR) is 145 cm³/mol. The molecule has 202 valence electrons. The first-order valence-corrected chi connectivity index (χ1v) is 12.6. The Kier molecular flexibility index (Phi) is 8.18. The lowest BCUT2D eigenvalue weighted by atomic mass is 10.1. The molecule has 0 spiro atoms. The van der Waals surface area contributed by atoms with Crippen LogP contribution in [0, 0.1) is 13.8 Å². The first kappa shape index (κ1) is 27.6. The molecule has 0 atom stereocenters. The number of amides is 2. The van der Waals surface area contributed by atoms with Gasteiger partial charge in [0, 0.05) is 17.7 Å². The van der Waals surface area contributed by atoms with E-state index in [1.54, 1.807) is 4.68 Å². The van der Waals surface area contributed by atoms with Gasteiger partial charge in [0.05, 0.1) is 16.9 Å². The second-order valence-electron chi connectivity index (χ2n) is 9.23. The fourth-order valence-electron chi connectivity index (χ4n) is 4.45. The third-order valence-corrected chi connectivity index (χ3v) is 6.28. The van der Waals surface area contributed by atoms with Gasteiger partial charge in [-0.05, 0) is 55.7 Å². The van der Waals surface area contributed by atoms with E-state index in [9.17, 15) is 22.8 Å². The summed E-state index contributed by atoms with van der Waals surface area (Å²) in [5.74, 6) is -0.693. The van der Waals surface area contributed by atoms with Crippen molar-refractivity contribution in [3.63, 3.8) is 0 Å². The quantitative estimate of drug-likeness (QED) is 0.275. The monoisotopic (exact) mass is 534 g/mol. The normalized spacial score (nSPS) is 11.3. The van der Waals surface area contributed by atoms with Gasteiger partial charge in [-0.15, -0.1) is 0 Å². The summed E-state index contributed by atoms with van der Waals surface area (Å²) in [7, 11) is 0. The number of nitrogens with one attached hydrogen (secondary N) is 1. The number of benzene rings is 3. The van der Waals surface area contributed by atoms with Gasteiger partial charge in [-0.1, -0.05) is 61.5 Å². The van der Waals surface area contributed by atoms with Gasteiger partial charge >= 0.3 is 6.18 Å². The number of halogens is 3. The summed E-state index contributed by atoms with van der Waals surface area (Å²) in [5, 5.41) is 7.66. The highest BCUT2D eigenvalue weighted by molar-refractivity contribution is 6.01. The minimum absolute atomic E-state index is 0.128. The summed E-state index contributed by atoms with van der Waals surface area (Å²) < 4.78 is 41.3. The molecule has 1 aromatic heterocycles. The smallest absolute Gasteiger partial charge is 0.329 e. The standard InChI is InChI=1S/C30H29F3N4O2/c1-4-17-36(29(39)23-14-10-15-24(18-23)30(31,32)33)19-26(38)34-28-27(22-12-6-5-7-13-22)21(3)35-37(28)25-16-9-8-11-20(25)2/h5-16,18H,4,17,19H2,1-3H3,(H,34,38). The number of alkyl halides is 3. The number of nitrogens with zero attached hydrogens (tertiary/aromatic N) is 3. The van der Waals surface area contributed by atoms with Gasteiger partial charge in [0.15, 0.2) is 0 Å². The molecule has 3 aromatic carbocycles. The number of para-hydroxylation sites is 1.